The number of fused-ring (bicyclic) bond motifs is 2. The quantitative estimate of drug-likeness (QED) is 0.511. The Balaban J connectivity index is 1.94. The number of benzene rings is 2. The van der Waals surface area contributed by atoms with Crippen molar-refractivity contribution >= 4 is 40.3 Å². The molecular formula is C21H20N6O2. The molecule has 29 heavy (non-hydrogen) atoms. The van der Waals surface area contributed by atoms with Crippen molar-refractivity contribution in [1.29, 1.82) is 5.41 Å². The summed E-state index contributed by atoms with van der Waals surface area (Å²) >= 11 is 0. The van der Waals surface area contributed by atoms with Gasteiger partial charge >= 0.3 is 0 Å². The molecule has 0 spiro atoms. The first kappa shape index (κ1) is 18.4. The zero-order valence-electron chi connectivity index (χ0n) is 15.8. The van der Waals surface area contributed by atoms with Gasteiger partial charge in [-0.25, -0.2) is 4.98 Å². The van der Waals surface area contributed by atoms with Gasteiger partial charge in [-0.05, 0) is 48.4 Å². The number of rotatable bonds is 4. The van der Waals surface area contributed by atoms with Gasteiger partial charge in [-0.2, -0.15) is 0 Å². The third kappa shape index (κ3) is 3.14. The van der Waals surface area contributed by atoms with Crippen LogP contribution < -0.4 is 16.4 Å². The number of carbonyl (C=O) groups is 2. The molecule has 3 aromatic rings. The first-order valence-corrected chi connectivity index (χ1v) is 9.16. The molecule has 2 amide bonds. The number of imidazole rings is 1. The third-order valence-electron chi connectivity index (χ3n) is 4.98. The lowest BCUT2D eigenvalue weighted by molar-refractivity contribution is -0.116. The highest BCUT2D eigenvalue weighted by Crippen LogP contribution is 2.30. The number of aromatic nitrogens is 2. The molecule has 8 nitrogen and oxygen atoms in total. The lowest BCUT2D eigenvalue weighted by atomic mass is 10.0. The van der Waals surface area contributed by atoms with E-state index in [-0.39, 0.29) is 11.8 Å². The van der Waals surface area contributed by atoms with Crippen LogP contribution in [0.4, 0.5) is 5.69 Å². The molecule has 0 atom stereocenters. The molecule has 2 heterocycles. The molecule has 4 rings (SSSR count). The molecule has 1 aliphatic heterocycles. The zero-order valence-corrected chi connectivity index (χ0v) is 15.8. The first-order valence-electron chi connectivity index (χ1n) is 9.16. The molecule has 0 unspecified atom stereocenters. The minimum Gasteiger partial charge on any atom is -0.404 e. The Labute approximate surface area is 166 Å². The van der Waals surface area contributed by atoms with Gasteiger partial charge in [0.15, 0.2) is 0 Å². The van der Waals surface area contributed by atoms with Crippen LogP contribution in [0.5, 0.6) is 0 Å². The Kier molecular flexibility index (Phi) is 4.59. The van der Waals surface area contributed by atoms with Crippen LogP contribution in [0.2, 0.25) is 0 Å². The lowest BCUT2D eigenvalue weighted by Crippen LogP contribution is -2.19. The molecule has 0 radical (unpaired) electrons. The number of nitrogens with one attached hydrogen (secondary N) is 3. The van der Waals surface area contributed by atoms with Gasteiger partial charge in [0.1, 0.15) is 5.82 Å². The van der Waals surface area contributed by atoms with Gasteiger partial charge < -0.3 is 21.8 Å². The topological polar surface area (TPSA) is 126 Å². The van der Waals surface area contributed by atoms with Crippen molar-refractivity contribution in [2.45, 2.75) is 12.8 Å². The summed E-state index contributed by atoms with van der Waals surface area (Å²) in [5.74, 6) is 0.318. The number of anilines is 1. The summed E-state index contributed by atoms with van der Waals surface area (Å²) in [4.78, 5) is 28.3. The van der Waals surface area contributed by atoms with E-state index in [9.17, 15) is 9.59 Å². The zero-order chi connectivity index (χ0) is 20.5. The summed E-state index contributed by atoms with van der Waals surface area (Å²) in [6.45, 7) is 0. The van der Waals surface area contributed by atoms with Gasteiger partial charge in [-0.3, -0.25) is 14.2 Å². The van der Waals surface area contributed by atoms with Gasteiger partial charge in [0.05, 0.1) is 16.6 Å². The van der Waals surface area contributed by atoms with E-state index in [1.165, 1.54) is 6.20 Å². The lowest BCUT2D eigenvalue weighted by Gasteiger charge is -2.19. The number of nitrogens with two attached hydrogens (primary N) is 1. The molecule has 0 fully saturated rings. The van der Waals surface area contributed by atoms with E-state index in [1.807, 2.05) is 28.8 Å². The van der Waals surface area contributed by atoms with Crippen molar-refractivity contribution in [1.82, 2.24) is 14.9 Å². The Hall–Kier alpha value is -3.94. The Morgan fingerprint density at radius 3 is 2.83 bits per heavy atom. The maximum Gasteiger partial charge on any atom is 0.251 e. The summed E-state index contributed by atoms with van der Waals surface area (Å²) in [6.07, 6.45) is 3.58. The van der Waals surface area contributed by atoms with Crippen molar-refractivity contribution < 1.29 is 9.59 Å². The van der Waals surface area contributed by atoms with Crippen molar-refractivity contribution in [3.8, 4) is 5.69 Å². The minimum absolute atomic E-state index is 0.0120. The number of allylic oxidation sites excluding steroid dienone is 1. The number of amides is 2. The molecule has 2 aromatic carbocycles. The summed E-state index contributed by atoms with van der Waals surface area (Å²) in [5, 5.41) is 13.2. The summed E-state index contributed by atoms with van der Waals surface area (Å²) in [6, 6.07) is 11.0. The Morgan fingerprint density at radius 2 is 2.10 bits per heavy atom. The molecule has 0 saturated heterocycles. The number of hydrogen-bond acceptors (Lipinski definition) is 5. The molecule has 146 valence electrons. The first-order chi connectivity index (χ1) is 14.0. The highest BCUT2D eigenvalue weighted by atomic mass is 16.2. The van der Waals surface area contributed by atoms with Gasteiger partial charge in [-0.1, -0.05) is 0 Å². The highest BCUT2D eigenvalue weighted by molar-refractivity contribution is 6.08. The van der Waals surface area contributed by atoms with Gasteiger partial charge in [-0.15, -0.1) is 0 Å². The van der Waals surface area contributed by atoms with Gasteiger partial charge in [0.25, 0.3) is 5.91 Å². The van der Waals surface area contributed by atoms with Crippen LogP contribution in [0.1, 0.15) is 28.2 Å². The summed E-state index contributed by atoms with van der Waals surface area (Å²) in [5.41, 5.74) is 10.8. The van der Waals surface area contributed by atoms with Gasteiger partial charge in [0.2, 0.25) is 5.91 Å². The van der Waals surface area contributed by atoms with Crippen LogP contribution in [-0.4, -0.2) is 34.6 Å². The Morgan fingerprint density at radius 1 is 1.28 bits per heavy atom. The standard InChI is InChI=1S/C21H20N6O2/c1-24-21(29)13-2-6-18-17(9-13)26-20(14(10-22)11-23)27(18)15-4-5-16-12(8-15)3-7-19(28)25-16/h2,4-6,8-11,22H,3,7,23H2,1H3,(H,24,29)(H,25,28)/b14-11+,22-10?. The predicted molar refractivity (Wildman–Crippen MR) is 112 cm³/mol. The summed E-state index contributed by atoms with van der Waals surface area (Å²) < 4.78 is 1.91. The highest BCUT2D eigenvalue weighted by Gasteiger charge is 2.19. The second kappa shape index (κ2) is 7.23. The normalized spacial score (nSPS) is 13.7. The molecule has 1 aliphatic rings. The van der Waals surface area contributed by atoms with Crippen LogP contribution in [0.3, 0.4) is 0 Å². The molecule has 0 bridgehead atoms. The van der Waals surface area contributed by atoms with E-state index in [0.29, 0.717) is 35.3 Å². The maximum atomic E-state index is 12.0. The molecule has 1 aromatic heterocycles. The summed E-state index contributed by atoms with van der Waals surface area (Å²) in [7, 11) is 1.58. The van der Waals surface area contributed by atoms with Crippen molar-refractivity contribution in [3.05, 3.63) is 59.5 Å². The fourth-order valence-electron chi connectivity index (χ4n) is 3.52. The molecule has 8 heteroatoms. The molecule has 5 N–H and O–H groups in total. The van der Waals surface area contributed by atoms with Crippen molar-refractivity contribution in [2.24, 2.45) is 5.73 Å². The number of nitrogens with zero attached hydrogens (tertiary/aromatic N) is 2. The van der Waals surface area contributed by atoms with Gasteiger partial charge in [0, 0.05) is 42.8 Å². The smallest absolute Gasteiger partial charge is 0.251 e. The number of aryl methyl sites for hydroxylation is 1. The fraction of sp³-hybridized carbons (Fsp3) is 0.143. The van der Waals surface area contributed by atoms with Crippen LogP contribution in [0.25, 0.3) is 22.3 Å². The van der Waals surface area contributed by atoms with Crippen molar-refractivity contribution in [3.63, 3.8) is 0 Å². The minimum atomic E-state index is -0.200. The number of hydrogen-bond donors (Lipinski definition) is 4. The monoisotopic (exact) mass is 388 g/mol. The van der Waals surface area contributed by atoms with E-state index < -0.39 is 0 Å². The second-order valence-electron chi connectivity index (χ2n) is 6.71. The van der Waals surface area contributed by atoms with E-state index in [4.69, 9.17) is 11.1 Å². The predicted octanol–water partition coefficient (Wildman–Crippen LogP) is 2.22. The average molecular weight is 388 g/mol. The molecular weight excluding hydrogens is 368 g/mol. The Bertz CT molecular complexity index is 1190. The maximum absolute atomic E-state index is 12.0. The third-order valence-corrected chi connectivity index (χ3v) is 4.98. The van der Waals surface area contributed by atoms with E-state index in [2.05, 4.69) is 15.6 Å². The van der Waals surface area contributed by atoms with Crippen molar-refractivity contribution in [2.75, 3.05) is 12.4 Å². The van der Waals surface area contributed by atoms with Crippen LogP contribution in [-0.2, 0) is 11.2 Å². The SMILES string of the molecule is CNC(=O)c1ccc2c(c1)nc(/C(C=N)=C/N)n2-c1ccc2c(c1)CCC(=O)N2. The second-order valence-corrected chi connectivity index (χ2v) is 6.71. The van der Waals surface area contributed by atoms with Crippen LogP contribution in [0, 0.1) is 5.41 Å². The largest absolute Gasteiger partial charge is 0.404 e. The van der Waals surface area contributed by atoms with E-state index in [0.717, 1.165) is 28.7 Å². The number of carbonyl (C=O) groups excluding carboxylic acids is 2. The molecule has 0 aliphatic carbocycles. The van der Waals surface area contributed by atoms with E-state index in [1.54, 1.807) is 19.2 Å². The molecule has 0 saturated carbocycles. The van der Waals surface area contributed by atoms with Crippen LogP contribution >= 0.6 is 0 Å². The van der Waals surface area contributed by atoms with E-state index >= 15 is 0 Å². The fourth-order valence-corrected chi connectivity index (χ4v) is 3.52. The average Bonchev–Trinajstić information content (AvgIpc) is 3.12. The van der Waals surface area contributed by atoms with Crippen LogP contribution in [0.15, 0.2) is 42.6 Å².